The molecule has 1 aromatic heterocycles. The van der Waals surface area contributed by atoms with E-state index < -0.39 is 15.6 Å². The van der Waals surface area contributed by atoms with Crippen LogP contribution in [0.5, 0.6) is 0 Å². The van der Waals surface area contributed by atoms with Crippen LogP contribution in [0.2, 0.25) is 0 Å². The van der Waals surface area contributed by atoms with E-state index in [0.29, 0.717) is 0 Å². The van der Waals surface area contributed by atoms with Crippen LogP contribution in [-0.2, 0) is 22.1 Å². The summed E-state index contributed by atoms with van der Waals surface area (Å²) in [5.74, 6) is 0. The first kappa shape index (κ1) is 23.1. The summed E-state index contributed by atoms with van der Waals surface area (Å²) >= 11 is 0. The zero-order valence-corrected chi connectivity index (χ0v) is 16.8. The van der Waals surface area contributed by atoms with Crippen molar-refractivity contribution >= 4 is 10.1 Å². The topological polar surface area (TPSA) is 61.1 Å². The number of benzene rings is 1. The maximum absolute atomic E-state index is 10.7. The second-order valence-corrected chi connectivity index (χ2v) is 8.58. The Bertz CT molecular complexity index is 886. The molecule has 0 saturated carbocycles. The molecule has 0 fully saturated rings. The predicted molar refractivity (Wildman–Crippen MR) is 96.1 cm³/mol. The number of halogens is 3. The summed E-state index contributed by atoms with van der Waals surface area (Å²) < 4.78 is 61.2. The van der Waals surface area contributed by atoms with Gasteiger partial charge in [0.1, 0.15) is 0 Å². The van der Waals surface area contributed by atoms with Crippen LogP contribution >= 0.6 is 0 Å². The van der Waals surface area contributed by atoms with Crippen LogP contribution < -0.4 is 4.57 Å². The maximum Gasteiger partial charge on any atom is 0.485 e. The second-order valence-electron chi connectivity index (χ2n) is 7.21. The lowest BCUT2D eigenvalue weighted by atomic mass is 9.84. The molecule has 4 nitrogen and oxygen atoms in total. The molecule has 0 bridgehead atoms. The molecular weight excluding hydrogens is 379 g/mol. The van der Waals surface area contributed by atoms with Gasteiger partial charge in [0, 0.05) is 24.1 Å². The number of aromatic nitrogens is 1. The minimum Gasteiger partial charge on any atom is -0.741 e. The number of hydrogen-bond donors (Lipinski definition) is 0. The lowest BCUT2D eigenvalue weighted by Crippen LogP contribution is -2.38. The van der Waals surface area contributed by atoms with Crippen molar-refractivity contribution in [2.45, 2.75) is 52.1 Å². The molecule has 1 heterocycles. The minimum absolute atomic E-state index is 0.189. The lowest BCUT2D eigenvalue weighted by Gasteiger charge is -2.21. The molecule has 150 valence electrons. The third-order valence-electron chi connectivity index (χ3n) is 4.06. The highest BCUT2D eigenvalue weighted by atomic mass is 32.2. The number of pyridine rings is 1. The summed E-state index contributed by atoms with van der Waals surface area (Å²) in [6, 6.07) is 13.1. The van der Waals surface area contributed by atoms with E-state index in [2.05, 4.69) is 81.8 Å². The van der Waals surface area contributed by atoms with Gasteiger partial charge in [0.25, 0.3) is 0 Å². The molecule has 0 aliphatic rings. The van der Waals surface area contributed by atoms with Crippen molar-refractivity contribution in [1.29, 1.82) is 0 Å². The molecule has 0 radical (unpaired) electrons. The summed E-state index contributed by atoms with van der Waals surface area (Å²) in [5, 5.41) is 0. The van der Waals surface area contributed by atoms with Crippen molar-refractivity contribution in [1.82, 2.24) is 0 Å². The Balaban J connectivity index is 0.000000387. The number of aryl methyl sites for hydroxylation is 1. The van der Waals surface area contributed by atoms with Crippen LogP contribution in [0.4, 0.5) is 13.2 Å². The zero-order chi connectivity index (χ0) is 21.0. The van der Waals surface area contributed by atoms with Crippen LogP contribution in [0.25, 0.3) is 0 Å². The third-order valence-corrected chi connectivity index (χ3v) is 4.63. The Morgan fingerprint density at radius 3 is 2.00 bits per heavy atom. The molecule has 27 heavy (non-hydrogen) atoms. The zero-order valence-electron chi connectivity index (χ0n) is 16.0. The monoisotopic (exact) mass is 403 g/mol. The van der Waals surface area contributed by atoms with Crippen molar-refractivity contribution < 1.29 is 30.7 Å². The fraction of sp³-hybridized carbons (Fsp3) is 0.421. The van der Waals surface area contributed by atoms with E-state index in [4.69, 9.17) is 13.0 Å². The van der Waals surface area contributed by atoms with Gasteiger partial charge in [-0.1, -0.05) is 45.0 Å². The van der Waals surface area contributed by atoms with E-state index in [9.17, 15) is 13.2 Å². The molecule has 0 aliphatic heterocycles. The standard InChI is InChI=1S/C18H24N.CHF3O3S/c1-14-9-8-12-19(15(14)2)13-16-10-6-7-11-17(16)18(3,4)5;2-1(3,4)8(5,6)7/h6-12H,13H2,1-5H3;(H,5,6,7)/q+1;/p-1. The number of alkyl halides is 3. The van der Waals surface area contributed by atoms with Gasteiger partial charge in [-0.2, -0.15) is 17.7 Å². The lowest BCUT2D eigenvalue weighted by molar-refractivity contribution is -0.694. The number of hydrogen-bond acceptors (Lipinski definition) is 3. The Morgan fingerprint density at radius 2 is 1.52 bits per heavy atom. The van der Waals surface area contributed by atoms with Gasteiger partial charge in [0.15, 0.2) is 28.6 Å². The van der Waals surface area contributed by atoms with Crippen LogP contribution in [0.1, 0.15) is 43.2 Å². The van der Waals surface area contributed by atoms with E-state index in [-0.39, 0.29) is 5.41 Å². The summed E-state index contributed by atoms with van der Waals surface area (Å²) in [6.07, 6.45) is 2.17. The molecule has 0 amide bonds. The summed E-state index contributed by atoms with van der Waals surface area (Å²) in [6.45, 7) is 12.1. The van der Waals surface area contributed by atoms with Crippen LogP contribution in [0, 0.1) is 13.8 Å². The van der Waals surface area contributed by atoms with Gasteiger partial charge in [-0.3, -0.25) is 0 Å². The molecule has 1 aromatic carbocycles. The molecule has 2 rings (SSSR count). The maximum atomic E-state index is 10.7. The molecule has 0 atom stereocenters. The smallest absolute Gasteiger partial charge is 0.485 e. The highest BCUT2D eigenvalue weighted by Gasteiger charge is 2.36. The number of nitrogens with zero attached hydrogens (tertiary/aromatic N) is 1. The Labute approximate surface area is 158 Å². The van der Waals surface area contributed by atoms with Crippen LogP contribution in [0.15, 0.2) is 42.6 Å². The van der Waals surface area contributed by atoms with Gasteiger partial charge < -0.3 is 4.55 Å². The van der Waals surface area contributed by atoms with Gasteiger partial charge in [0.2, 0.25) is 0 Å². The van der Waals surface area contributed by atoms with Gasteiger partial charge in [-0.05, 0) is 24.0 Å². The summed E-state index contributed by atoms with van der Waals surface area (Å²) in [7, 11) is -6.09. The molecule has 2 aromatic rings. The van der Waals surface area contributed by atoms with E-state index >= 15 is 0 Å². The van der Waals surface area contributed by atoms with Crippen molar-refractivity contribution in [3.8, 4) is 0 Å². The second kappa shape index (κ2) is 8.39. The SMILES string of the molecule is Cc1ccc[n+](Cc2ccccc2C(C)(C)C)c1C.O=S(=O)([O-])C(F)(F)F. The van der Waals surface area contributed by atoms with Crippen molar-refractivity contribution in [2.24, 2.45) is 0 Å². The molecule has 0 unspecified atom stereocenters. The Kier molecular flexibility index (Phi) is 7.18. The number of rotatable bonds is 2. The predicted octanol–water partition coefficient (Wildman–Crippen LogP) is 3.99. The fourth-order valence-electron chi connectivity index (χ4n) is 2.49. The molecule has 0 aliphatic carbocycles. The van der Waals surface area contributed by atoms with E-state index in [1.165, 1.54) is 22.4 Å². The van der Waals surface area contributed by atoms with Crippen molar-refractivity contribution in [2.75, 3.05) is 0 Å². The van der Waals surface area contributed by atoms with Crippen LogP contribution in [0.3, 0.4) is 0 Å². The van der Waals surface area contributed by atoms with Gasteiger partial charge in [-0.25, -0.2) is 8.42 Å². The quantitative estimate of drug-likeness (QED) is 0.433. The molecule has 0 spiro atoms. The highest BCUT2D eigenvalue weighted by molar-refractivity contribution is 7.86. The van der Waals surface area contributed by atoms with Crippen LogP contribution in [-0.4, -0.2) is 18.5 Å². The highest BCUT2D eigenvalue weighted by Crippen LogP contribution is 2.25. The average Bonchev–Trinajstić information content (AvgIpc) is 2.50. The Hall–Kier alpha value is -1.93. The third kappa shape index (κ3) is 6.62. The van der Waals surface area contributed by atoms with E-state index in [0.717, 1.165) is 6.54 Å². The van der Waals surface area contributed by atoms with Crippen molar-refractivity contribution in [3.63, 3.8) is 0 Å². The van der Waals surface area contributed by atoms with Gasteiger partial charge in [-0.15, -0.1) is 0 Å². The van der Waals surface area contributed by atoms with Gasteiger partial charge in [0.05, 0.1) is 0 Å². The Morgan fingerprint density at radius 1 is 1.00 bits per heavy atom. The largest absolute Gasteiger partial charge is 0.741 e. The molecule has 0 N–H and O–H groups in total. The van der Waals surface area contributed by atoms with E-state index in [1.54, 1.807) is 0 Å². The molecule has 8 heteroatoms. The van der Waals surface area contributed by atoms with Gasteiger partial charge >= 0.3 is 5.51 Å². The first-order valence-electron chi connectivity index (χ1n) is 8.21. The molecular formula is C19H24F3NO3S. The van der Waals surface area contributed by atoms with E-state index in [1.807, 2.05) is 0 Å². The summed E-state index contributed by atoms with van der Waals surface area (Å²) in [4.78, 5) is 0. The first-order valence-corrected chi connectivity index (χ1v) is 9.61. The van der Waals surface area contributed by atoms with Crippen molar-refractivity contribution in [3.05, 3.63) is 65.0 Å². The minimum atomic E-state index is -6.09. The first-order chi connectivity index (χ1) is 12.1. The summed E-state index contributed by atoms with van der Waals surface area (Å²) in [5.41, 5.74) is 0.0704. The fourth-order valence-corrected chi connectivity index (χ4v) is 2.49. The molecule has 0 saturated heterocycles. The average molecular weight is 403 g/mol. The normalized spacial score (nSPS) is 12.3.